The Morgan fingerprint density at radius 3 is 2.96 bits per heavy atom. The predicted octanol–water partition coefficient (Wildman–Crippen LogP) is 3.60. The largest absolute Gasteiger partial charge is 0.359 e. The van der Waals surface area contributed by atoms with Gasteiger partial charge in [0, 0.05) is 16.8 Å². The molecule has 0 saturated carbocycles. The van der Waals surface area contributed by atoms with E-state index in [-0.39, 0.29) is 18.5 Å². The minimum Gasteiger partial charge on any atom is -0.359 e. The molecule has 0 radical (unpaired) electrons. The summed E-state index contributed by atoms with van der Waals surface area (Å²) in [6.07, 6.45) is 0.935. The Bertz CT molecular complexity index is 797. The molecule has 0 spiro atoms. The minimum atomic E-state index is -0.160. The Hall–Kier alpha value is -2.51. The maximum atomic E-state index is 12.4. The fourth-order valence-corrected chi connectivity index (χ4v) is 3.10. The molecule has 0 aliphatic carbocycles. The van der Waals surface area contributed by atoms with Gasteiger partial charge in [0.2, 0.25) is 5.91 Å². The number of fused-ring (bicyclic) bond motifs is 1. The van der Waals surface area contributed by atoms with E-state index in [0.29, 0.717) is 16.3 Å². The minimum absolute atomic E-state index is 0.160. The highest BCUT2D eigenvalue weighted by molar-refractivity contribution is 6.31. The number of nitrogens with one attached hydrogen (secondary N) is 1. The number of halogens is 1. The number of carbonyl (C=O) groups is 1. The monoisotopic (exact) mass is 325 g/mol. The third-order valence-corrected chi connectivity index (χ3v) is 4.27. The molecule has 0 bridgehead atoms. The molecule has 1 N–H and O–H groups in total. The van der Waals surface area contributed by atoms with Crippen molar-refractivity contribution >= 4 is 28.9 Å². The van der Waals surface area contributed by atoms with Crippen LogP contribution in [0.5, 0.6) is 0 Å². The van der Waals surface area contributed by atoms with Gasteiger partial charge in [0.15, 0.2) is 0 Å². The molecule has 0 saturated heterocycles. The molecule has 3 rings (SSSR count). The summed E-state index contributed by atoms with van der Waals surface area (Å²) in [7, 11) is 0. The highest BCUT2D eigenvalue weighted by Crippen LogP contribution is 2.31. The quantitative estimate of drug-likeness (QED) is 0.938. The Labute approximate surface area is 140 Å². The Morgan fingerprint density at radius 1 is 1.39 bits per heavy atom. The molecule has 0 unspecified atom stereocenters. The van der Waals surface area contributed by atoms with Crippen LogP contribution in [0.4, 0.5) is 11.4 Å². The third-order valence-electron chi connectivity index (χ3n) is 4.04. The first-order valence-corrected chi connectivity index (χ1v) is 7.80. The van der Waals surface area contributed by atoms with Crippen LogP contribution in [0.2, 0.25) is 5.02 Å². The lowest BCUT2D eigenvalue weighted by atomic mass is 10.1. The smallest absolute Gasteiger partial charge is 0.243 e. The van der Waals surface area contributed by atoms with Crippen molar-refractivity contribution in [2.75, 3.05) is 16.8 Å². The highest BCUT2D eigenvalue weighted by Gasteiger charge is 2.27. The Morgan fingerprint density at radius 2 is 2.17 bits per heavy atom. The second-order valence-corrected chi connectivity index (χ2v) is 6.10. The van der Waals surface area contributed by atoms with Gasteiger partial charge in [-0.15, -0.1) is 0 Å². The van der Waals surface area contributed by atoms with E-state index in [1.54, 1.807) is 18.2 Å². The molecule has 4 nitrogen and oxygen atoms in total. The Kier molecular flexibility index (Phi) is 4.22. The molecular weight excluding hydrogens is 310 g/mol. The summed E-state index contributed by atoms with van der Waals surface area (Å²) >= 11 is 5.95. The number of hydrogen-bond donors (Lipinski definition) is 1. The lowest BCUT2D eigenvalue weighted by Gasteiger charge is -2.24. The van der Waals surface area contributed by atoms with Crippen molar-refractivity contribution in [2.45, 2.75) is 19.4 Å². The molecule has 1 aliphatic rings. The zero-order valence-corrected chi connectivity index (χ0v) is 13.5. The number of rotatable bonds is 3. The molecule has 1 atom stereocenters. The van der Waals surface area contributed by atoms with Gasteiger partial charge < -0.3 is 10.2 Å². The zero-order valence-electron chi connectivity index (χ0n) is 12.7. The third kappa shape index (κ3) is 3.15. The van der Waals surface area contributed by atoms with E-state index in [4.69, 9.17) is 16.9 Å². The van der Waals surface area contributed by atoms with Gasteiger partial charge in [-0.1, -0.05) is 29.8 Å². The van der Waals surface area contributed by atoms with Gasteiger partial charge in [0.05, 0.1) is 17.8 Å². The molecule has 1 heterocycles. The molecule has 23 heavy (non-hydrogen) atoms. The summed E-state index contributed by atoms with van der Waals surface area (Å²) in [5.41, 5.74) is 3.21. The summed E-state index contributed by atoms with van der Waals surface area (Å²) < 4.78 is 0. The molecule has 1 amide bonds. The van der Waals surface area contributed by atoms with Crippen molar-refractivity contribution < 1.29 is 4.79 Å². The normalized spacial score (nSPS) is 15.9. The average Bonchev–Trinajstić information content (AvgIpc) is 2.83. The maximum absolute atomic E-state index is 12.4. The average molecular weight is 326 g/mol. The van der Waals surface area contributed by atoms with Gasteiger partial charge >= 0.3 is 0 Å². The molecule has 0 aromatic heterocycles. The molecule has 1 aliphatic heterocycles. The summed E-state index contributed by atoms with van der Waals surface area (Å²) in [6.45, 7) is 2.35. The van der Waals surface area contributed by atoms with Crippen LogP contribution in [0.3, 0.4) is 0 Å². The van der Waals surface area contributed by atoms with Crippen molar-refractivity contribution in [1.82, 2.24) is 0 Å². The summed E-state index contributed by atoms with van der Waals surface area (Å²) in [4.78, 5) is 14.5. The molecular formula is C18H16ClN3O. The van der Waals surface area contributed by atoms with Gasteiger partial charge in [-0.2, -0.15) is 5.26 Å². The number of nitrogens with zero attached hydrogens (tertiary/aromatic N) is 2. The number of anilines is 2. The predicted molar refractivity (Wildman–Crippen MR) is 91.8 cm³/mol. The first kappa shape index (κ1) is 15.4. The maximum Gasteiger partial charge on any atom is 0.243 e. The standard InChI is InChI=1S/C18H16ClN3O/c1-12-8-13-4-2-3-5-17(13)22(12)11-18(23)21-16-9-15(19)7-6-14(16)10-20/h2-7,9,12H,8,11H2,1H3,(H,21,23)/t12-/m1/s1. The van der Waals surface area contributed by atoms with Crippen LogP contribution >= 0.6 is 11.6 Å². The number of amides is 1. The molecule has 2 aromatic carbocycles. The molecule has 0 fully saturated rings. The van der Waals surface area contributed by atoms with E-state index < -0.39 is 0 Å². The summed E-state index contributed by atoms with van der Waals surface area (Å²) in [5.74, 6) is -0.160. The topological polar surface area (TPSA) is 56.1 Å². The van der Waals surface area contributed by atoms with Crippen LogP contribution in [0.1, 0.15) is 18.1 Å². The highest BCUT2D eigenvalue weighted by atomic mass is 35.5. The first-order chi connectivity index (χ1) is 11.1. The van der Waals surface area contributed by atoms with Crippen molar-refractivity contribution in [3.05, 3.63) is 58.6 Å². The number of carbonyl (C=O) groups excluding carboxylic acids is 1. The van der Waals surface area contributed by atoms with E-state index in [1.165, 1.54) is 5.56 Å². The van der Waals surface area contributed by atoms with Gasteiger partial charge in [0.25, 0.3) is 0 Å². The second-order valence-electron chi connectivity index (χ2n) is 5.66. The van der Waals surface area contributed by atoms with Crippen LogP contribution in [0.15, 0.2) is 42.5 Å². The van der Waals surface area contributed by atoms with Crippen LogP contribution in [-0.2, 0) is 11.2 Å². The van der Waals surface area contributed by atoms with Crippen molar-refractivity contribution in [1.29, 1.82) is 5.26 Å². The van der Waals surface area contributed by atoms with Gasteiger partial charge in [-0.05, 0) is 43.2 Å². The zero-order chi connectivity index (χ0) is 16.4. The van der Waals surface area contributed by atoms with Crippen LogP contribution in [-0.4, -0.2) is 18.5 Å². The van der Waals surface area contributed by atoms with Gasteiger partial charge in [-0.25, -0.2) is 0 Å². The number of nitriles is 1. The van der Waals surface area contributed by atoms with Crippen LogP contribution in [0, 0.1) is 11.3 Å². The fraction of sp³-hybridized carbons (Fsp3) is 0.222. The summed E-state index contributed by atoms with van der Waals surface area (Å²) in [5, 5.41) is 12.4. The number of para-hydroxylation sites is 1. The second kappa shape index (κ2) is 6.31. The fourth-order valence-electron chi connectivity index (χ4n) is 2.93. The van der Waals surface area contributed by atoms with Crippen LogP contribution in [0.25, 0.3) is 0 Å². The van der Waals surface area contributed by atoms with Gasteiger partial charge in [0.1, 0.15) is 6.07 Å². The molecule has 116 valence electrons. The first-order valence-electron chi connectivity index (χ1n) is 7.42. The number of benzene rings is 2. The van der Waals surface area contributed by atoms with E-state index in [1.807, 2.05) is 18.2 Å². The lowest BCUT2D eigenvalue weighted by Crippen LogP contribution is -2.37. The van der Waals surface area contributed by atoms with E-state index >= 15 is 0 Å². The lowest BCUT2D eigenvalue weighted by molar-refractivity contribution is -0.115. The molecule has 5 heteroatoms. The SMILES string of the molecule is C[C@@H]1Cc2ccccc2N1CC(=O)Nc1cc(Cl)ccc1C#N. The van der Waals surface area contributed by atoms with Crippen molar-refractivity contribution in [3.63, 3.8) is 0 Å². The summed E-state index contributed by atoms with van der Waals surface area (Å²) in [6, 6.07) is 15.3. The van der Waals surface area contributed by atoms with E-state index in [9.17, 15) is 4.79 Å². The van der Waals surface area contributed by atoms with Gasteiger partial charge in [-0.3, -0.25) is 4.79 Å². The van der Waals surface area contributed by atoms with Crippen molar-refractivity contribution in [2.24, 2.45) is 0 Å². The number of hydrogen-bond acceptors (Lipinski definition) is 3. The Balaban J connectivity index is 1.76. The molecule has 2 aromatic rings. The van der Waals surface area contributed by atoms with Crippen molar-refractivity contribution in [3.8, 4) is 6.07 Å². The van der Waals surface area contributed by atoms with Crippen LogP contribution < -0.4 is 10.2 Å². The van der Waals surface area contributed by atoms with E-state index in [2.05, 4.69) is 29.3 Å². The van der Waals surface area contributed by atoms with E-state index in [0.717, 1.165) is 12.1 Å².